The number of carbonyl (C=O) groups is 1. The van der Waals surface area contributed by atoms with Crippen molar-refractivity contribution >= 4 is 15.9 Å². The van der Waals surface area contributed by atoms with Crippen molar-refractivity contribution in [2.24, 2.45) is 0 Å². The minimum absolute atomic E-state index is 0.0123. The Hall–Kier alpha value is -1.55. The van der Waals surface area contributed by atoms with Crippen LogP contribution < -0.4 is 0 Å². The molecule has 0 aromatic carbocycles. The van der Waals surface area contributed by atoms with Gasteiger partial charge in [-0.05, 0) is 29.7 Å². The summed E-state index contributed by atoms with van der Waals surface area (Å²) < 4.78 is 26.5. The maximum atomic E-state index is 12.9. The van der Waals surface area contributed by atoms with Gasteiger partial charge < -0.3 is 4.90 Å². The molecule has 1 aromatic rings. The van der Waals surface area contributed by atoms with Crippen molar-refractivity contribution in [3.8, 4) is 0 Å². The zero-order valence-corrected chi connectivity index (χ0v) is 14.1. The first kappa shape index (κ1) is 16.3. The Balaban J connectivity index is 1.74. The van der Waals surface area contributed by atoms with Crippen LogP contribution in [0, 0.1) is 0 Å². The van der Waals surface area contributed by atoms with E-state index in [1.165, 1.54) is 10.6 Å². The second-order valence-corrected chi connectivity index (χ2v) is 8.13. The molecule has 0 bridgehead atoms. The van der Waals surface area contributed by atoms with Gasteiger partial charge in [-0.3, -0.25) is 4.79 Å². The molecule has 1 amide bonds. The first-order chi connectivity index (χ1) is 11.0. The average molecular weight is 342 g/mol. The molecule has 1 aromatic heterocycles. The molecule has 0 N–H and O–H groups in total. The van der Waals surface area contributed by atoms with E-state index in [0.717, 1.165) is 25.8 Å². The van der Waals surface area contributed by atoms with Crippen LogP contribution in [0.5, 0.6) is 0 Å². The predicted octanol–water partition coefficient (Wildman–Crippen LogP) is -0.565. The number of aromatic nitrogens is 4. The lowest BCUT2D eigenvalue weighted by molar-refractivity contribution is -0.133. The van der Waals surface area contributed by atoms with Gasteiger partial charge in [0.05, 0.1) is 12.2 Å². The number of aryl methyl sites for hydroxylation is 1. The van der Waals surface area contributed by atoms with Gasteiger partial charge in [0.2, 0.25) is 15.9 Å². The fraction of sp³-hybridized carbons (Fsp3) is 0.846. The van der Waals surface area contributed by atoms with E-state index >= 15 is 0 Å². The summed E-state index contributed by atoms with van der Waals surface area (Å²) in [6, 6.07) is 0. The fourth-order valence-corrected chi connectivity index (χ4v) is 4.13. The summed E-state index contributed by atoms with van der Waals surface area (Å²) in [4.78, 5) is 14.7. The minimum Gasteiger partial charge on any atom is -0.341 e. The van der Waals surface area contributed by atoms with Gasteiger partial charge in [0.25, 0.3) is 0 Å². The van der Waals surface area contributed by atoms with Crippen molar-refractivity contribution in [2.75, 3.05) is 32.4 Å². The lowest BCUT2D eigenvalue weighted by atomic mass is 10.0. The summed E-state index contributed by atoms with van der Waals surface area (Å²) in [6.07, 6.45) is 4.51. The number of hydrogen-bond donors (Lipinski definition) is 0. The van der Waals surface area contributed by atoms with E-state index in [1.807, 2.05) is 0 Å². The smallest absolute Gasteiger partial charge is 0.233 e. The van der Waals surface area contributed by atoms with E-state index in [2.05, 4.69) is 15.5 Å². The first-order valence-electron chi connectivity index (χ1n) is 7.97. The number of amides is 1. The Labute approximate surface area is 135 Å². The molecule has 2 aliphatic heterocycles. The lowest BCUT2D eigenvalue weighted by Gasteiger charge is -2.25. The summed E-state index contributed by atoms with van der Waals surface area (Å²) in [7, 11) is -3.21. The van der Waals surface area contributed by atoms with Crippen LogP contribution in [0.1, 0.15) is 37.4 Å². The summed E-state index contributed by atoms with van der Waals surface area (Å²) in [5.41, 5.74) is 0. The minimum atomic E-state index is -3.21. The highest BCUT2D eigenvalue weighted by Crippen LogP contribution is 2.26. The fourth-order valence-electron chi connectivity index (χ4n) is 3.26. The third-order valence-electron chi connectivity index (χ3n) is 4.52. The van der Waals surface area contributed by atoms with Crippen LogP contribution in [0.25, 0.3) is 0 Å². The van der Waals surface area contributed by atoms with Gasteiger partial charge in [-0.2, -0.15) is 0 Å². The summed E-state index contributed by atoms with van der Waals surface area (Å²) in [5, 5.41) is 11.7. The molecule has 3 heterocycles. The topological polar surface area (TPSA) is 101 Å². The quantitative estimate of drug-likeness (QED) is 0.714. The summed E-state index contributed by atoms with van der Waals surface area (Å²) in [5.74, 6) is 0.326. The van der Waals surface area contributed by atoms with E-state index in [9.17, 15) is 13.2 Å². The van der Waals surface area contributed by atoms with Crippen LogP contribution in [-0.4, -0.2) is 76.2 Å². The SMILES string of the molecule is CS(=O)(=O)N1CCCN(C(=O)[C@H]2CCCCn3nnnc32)CC1. The number of sulfonamides is 1. The highest BCUT2D eigenvalue weighted by molar-refractivity contribution is 7.88. The maximum absolute atomic E-state index is 12.9. The largest absolute Gasteiger partial charge is 0.341 e. The highest BCUT2D eigenvalue weighted by Gasteiger charge is 2.33. The van der Waals surface area contributed by atoms with Crippen LogP contribution in [0.2, 0.25) is 0 Å². The maximum Gasteiger partial charge on any atom is 0.233 e. The van der Waals surface area contributed by atoms with Gasteiger partial charge in [0, 0.05) is 32.7 Å². The van der Waals surface area contributed by atoms with Crippen molar-refractivity contribution in [3.63, 3.8) is 0 Å². The average Bonchev–Trinajstić information content (AvgIpc) is 2.73. The van der Waals surface area contributed by atoms with Gasteiger partial charge in [-0.1, -0.05) is 6.42 Å². The third-order valence-corrected chi connectivity index (χ3v) is 5.82. The molecule has 0 aliphatic carbocycles. The molecule has 0 saturated carbocycles. The molecule has 9 nitrogen and oxygen atoms in total. The molecule has 23 heavy (non-hydrogen) atoms. The second kappa shape index (κ2) is 6.52. The van der Waals surface area contributed by atoms with Crippen LogP contribution in [0.15, 0.2) is 0 Å². The van der Waals surface area contributed by atoms with E-state index in [4.69, 9.17) is 0 Å². The van der Waals surface area contributed by atoms with Crippen LogP contribution >= 0.6 is 0 Å². The van der Waals surface area contributed by atoms with E-state index in [0.29, 0.717) is 38.4 Å². The Morgan fingerprint density at radius 2 is 1.91 bits per heavy atom. The van der Waals surface area contributed by atoms with Gasteiger partial charge in [0.15, 0.2) is 5.82 Å². The molecule has 1 atom stereocenters. The number of carbonyl (C=O) groups excluding carboxylic acids is 1. The second-order valence-electron chi connectivity index (χ2n) is 6.15. The number of hydrogen-bond acceptors (Lipinski definition) is 6. The van der Waals surface area contributed by atoms with Gasteiger partial charge in [-0.15, -0.1) is 5.10 Å². The highest BCUT2D eigenvalue weighted by atomic mass is 32.2. The third kappa shape index (κ3) is 3.52. The standard InChI is InChI=1S/C13H22N6O3S/c1-23(21,22)18-7-4-6-17(9-10-18)13(20)11-5-2-3-8-19-12(11)14-15-16-19/h11H,2-10H2,1H3/t11-/m0/s1. The molecule has 1 saturated heterocycles. The van der Waals surface area contributed by atoms with Crippen LogP contribution in [-0.2, 0) is 21.4 Å². The molecule has 1 fully saturated rings. The number of tetrazole rings is 1. The first-order valence-corrected chi connectivity index (χ1v) is 9.81. The molecule has 0 radical (unpaired) electrons. The molecule has 0 unspecified atom stereocenters. The molecule has 2 aliphatic rings. The van der Waals surface area contributed by atoms with E-state index in [-0.39, 0.29) is 11.8 Å². The molecule has 3 rings (SSSR count). The number of rotatable bonds is 2. The molecular weight excluding hydrogens is 320 g/mol. The van der Waals surface area contributed by atoms with Crippen molar-refractivity contribution in [1.82, 2.24) is 29.4 Å². The predicted molar refractivity (Wildman–Crippen MR) is 82.0 cm³/mol. The van der Waals surface area contributed by atoms with Crippen molar-refractivity contribution < 1.29 is 13.2 Å². The van der Waals surface area contributed by atoms with Gasteiger partial charge in [-0.25, -0.2) is 17.4 Å². The van der Waals surface area contributed by atoms with Crippen LogP contribution in [0.4, 0.5) is 0 Å². The zero-order chi connectivity index (χ0) is 16.4. The Morgan fingerprint density at radius 3 is 2.70 bits per heavy atom. The molecule has 128 valence electrons. The number of fused-ring (bicyclic) bond motifs is 1. The van der Waals surface area contributed by atoms with E-state index < -0.39 is 10.0 Å². The molecule has 10 heteroatoms. The normalized spacial score (nSPS) is 23.9. The molecule has 0 spiro atoms. The van der Waals surface area contributed by atoms with E-state index in [1.54, 1.807) is 9.58 Å². The van der Waals surface area contributed by atoms with Gasteiger partial charge >= 0.3 is 0 Å². The van der Waals surface area contributed by atoms with Crippen molar-refractivity contribution in [2.45, 2.75) is 38.1 Å². The zero-order valence-electron chi connectivity index (χ0n) is 13.3. The molecular formula is C13H22N6O3S. The monoisotopic (exact) mass is 342 g/mol. The number of nitrogens with zero attached hydrogens (tertiary/aromatic N) is 6. The Kier molecular flexibility index (Phi) is 4.62. The Morgan fingerprint density at radius 1 is 1.09 bits per heavy atom. The summed E-state index contributed by atoms with van der Waals surface area (Å²) in [6.45, 7) is 2.55. The van der Waals surface area contributed by atoms with Crippen LogP contribution in [0.3, 0.4) is 0 Å². The Bertz CT molecular complexity index is 673. The van der Waals surface area contributed by atoms with Gasteiger partial charge in [0.1, 0.15) is 0 Å². The van der Waals surface area contributed by atoms with Crippen molar-refractivity contribution in [3.05, 3.63) is 5.82 Å². The lowest BCUT2D eigenvalue weighted by Crippen LogP contribution is -2.39. The summed E-state index contributed by atoms with van der Waals surface area (Å²) >= 11 is 0. The van der Waals surface area contributed by atoms with Crippen molar-refractivity contribution in [1.29, 1.82) is 0 Å².